The fraction of sp³-hybridized carbons (Fsp3) is 0.364. The maximum Gasteiger partial charge on any atom is 0.259 e. The zero-order valence-electron chi connectivity index (χ0n) is 18.1. The Morgan fingerprint density at radius 2 is 1.72 bits per heavy atom. The van der Waals surface area contributed by atoms with Crippen LogP contribution < -0.4 is 10.1 Å². The largest absolute Gasteiger partial charge is 0.483 e. The lowest BCUT2D eigenvalue weighted by atomic mass is 10.1. The van der Waals surface area contributed by atoms with Gasteiger partial charge in [0.05, 0.1) is 23.7 Å². The van der Waals surface area contributed by atoms with Crippen molar-refractivity contribution in [2.75, 3.05) is 47.0 Å². The van der Waals surface area contributed by atoms with Gasteiger partial charge < -0.3 is 19.7 Å². The first-order valence-corrected chi connectivity index (χ1v) is 11.6. The van der Waals surface area contributed by atoms with Crippen molar-refractivity contribution in [3.63, 3.8) is 0 Å². The molecule has 0 bridgehead atoms. The van der Waals surface area contributed by atoms with Crippen LogP contribution in [0.15, 0.2) is 53.4 Å². The number of benzene rings is 2. The van der Waals surface area contributed by atoms with Crippen molar-refractivity contribution < 1.29 is 27.5 Å². The summed E-state index contributed by atoms with van der Waals surface area (Å²) in [7, 11) is -0.469. The van der Waals surface area contributed by atoms with Crippen LogP contribution in [0.5, 0.6) is 5.75 Å². The second kappa shape index (κ2) is 10.6. The molecule has 0 unspecified atom stereocenters. The Morgan fingerprint density at radius 3 is 2.44 bits per heavy atom. The van der Waals surface area contributed by atoms with Gasteiger partial charge >= 0.3 is 0 Å². The quantitative estimate of drug-likeness (QED) is 0.631. The molecule has 2 aromatic rings. The van der Waals surface area contributed by atoms with Gasteiger partial charge in [0, 0.05) is 33.7 Å². The fourth-order valence-electron chi connectivity index (χ4n) is 3.15. The van der Waals surface area contributed by atoms with Gasteiger partial charge in [0.15, 0.2) is 6.61 Å². The minimum absolute atomic E-state index is 0.0174. The Balaban J connectivity index is 1.73. The normalized spacial score (nSPS) is 14.6. The Bertz CT molecular complexity index is 1060. The highest BCUT2D eigenvalue weighted by Crippen LogP contribution is 2.22. The molecular weight excluding hydrogens is 434 g/mol. The first-order valence-electron chi connectivity index (χ1n) is 10.2. The molecule has 1 N–H and O–H groups in total. The van der Waals surface area contributed by atoms with Gasteiger partial charge in [-0.1, -0.05) is 30.3 Å². The van der Waals surface area contributed by atoms with E-state index in [0.717, 1.165) is 0 Å². The van der Waals surface area contributed by atoms with Crippen molar-refractivity contribution in [3.8, 4) is 5.75 Å². The molecule has 1 aliphatic rings. The molecule has 1 saturated heterocycles. The van der Waals surface area contributed by atoms with Gasteiger partial charge in [0.1, 0.15) is 5.75 Å². The summed E-state index contributed by atoms with van der Waals surface area (Å²) in [4.78, 5) is 26.2. The molecule has 2 amide bonds. The van der Waals surface area contributed by atoms with Crippen molar-refractivity contribution in [1.82, 2.24) is 14.5 Å². The van der Waals surface area contributed by atoms with E-state index in [-0.39, 0.29) is 35.3 Å². The SMILES string of the molecule is CN(C)C(=O)COc1ccccc1C(=O)NCc1ccccc1S(=O)(=O)N1CCOCC1. The predicted octanol–water partition coefficient (Wildman–Crippen LogP) is 1.10. The van der Waals surface area contributed by atoms with E-state index >= 15 is 0 Å². The lowest BCUT2D eigenvalue weighted by molar-refractivity contribution is -0.130. The average molecular weight is 462 g/mol. The Hall–Kier alpha value is -2.95. The summed E-state index contributed by atoms with van der Waals surface area (Å²) < 4.78 is 38.3. The van der Waals surface area contributed by atoms with E-state index in [2.05, 4.69) is 5.32 Å². The first kappa shape index (κ1) is 23.7. The highest BCUT2D eigenvalue weighted by molar-refractivity contribution is 7.89. The molecule has 1 aliphatic heterocycles. The molecule has 0 saturated carbocycles. The van der Waals surface area contributed by atoms with Crippen LogP contribution in [0.3, 0.4) is 0 Å². The average Bonchev–Trinajstić information content (AvgIpc) is 2.81. The maximum absolute atomic E-state index is 13.1. The molecule has 32 heavy (non-hydrogen) atoms. The molecule has 3 rings (SSSR count). The summed E-state index contributed by atoms with van der Waals surface area (Å²) in [5.41, 5.74) is 0.737. The van der Waals surface area contributed by atoms with Crippen molar-refractivity contribution in [2.24, 2.45) is 0 Å². The second-order valence-electron chi connectivity index (χ2n) is 7.38. The topological polar surface area (TPSA) is 105 Å². The lowest BCUT2D eigenvalue weighted by Gasteiger charge is -2.27. The van der Waals surface area contributed by atoms with Crippen LogP contribution in [-0.2, 0) is 26.1 Å². The van der Waals surface area contributed by atoms with Gasteiger partial charge in [-0.05, 0) is 23.8 Å². The Kier molecular flexibility index (Phi) is 7.84. The zero-order chi connectivity index (χ0) is 23.1. The van der Waals surface area contributed by atoms with Gasteiger partial charge in [0.2, 0.25) is 10.0 Å². The highest BCUT2D eigenvalue weighted by atomic mass is 32.2. The number of ether oxygens (including phenoxy) is 2. The van der Waals surface area contributed by atoms with E-state index < -0.39 is 15.9 Å². The third-order valence-corrected chi connectivity index (χ3v) is 6.98. The van der Waals surface area contributed by atoms with Crippen LogP contribution in [0.2, 0.25) is 0 Å². The van der Waals surface area contributed by atoms with E-state index in [4.69, 9.17) is 9.47 Å². The number of para-hydroxylation sites is 1. The highest BCUT2D eigenvalue weighted by Gasteiger charge is 2.28. The van der Waals surface area contributed by atoms with Crippen LogP contribution >= 0.6 is 0 Å². The number of hydrogen-bond donors (Lipinski definition) is 1. The van der Waals surface area contributed by atoms with Crippen molar-refractivity contribution in [2.45, 2.75) is 11.4 Å². The monoisotopic (exact) mass is 461 g/mol. The third kappa shape index (κ3) is 5.64. The molecule has 1 heterocycles. The molecule has 0 spiro atoms. The van der Waals surface area contributed by atoms with Crippen LogP contribution in [0.1, 0.15) is 15.9 Å². The molecule has 1 fully saturated rings. The summed E-state index contributed by atoms with van der Waals surface area (Å²) in [5.74, 6) is -0.395. The summed E-state index contributed by atoms with van der Waals surface area (Å²) in [6.07, 6.45) is 0. The van der Waals surface area contributed by atoms with Gasteiger partial charge in [-0.3, -0.25) is 9.59 Å². The summed E-state index contributed by atoms with van der Waals surface area (Å²) >= 11 is 0. The summed E-state index contributed by atoms with van der Waals surface area (Å²) in [5, 5.41) is 2.76. The lowest BCUT2D eigenvalue weighted by Crippen LogP contribution is -2.41. The smallest absolute Gasteiger partial charge is 0.259 e. The number of carbonyl (C=O) groups is 2. The van der Waals surface area contributed by atoms with E-state index in [1.54, 1.807) is 56.6 Å². The molecule has 9 nitrogen and oxygen atoms in total. The Morgan fingerprint density at radius 1 is 1.06 bits per heavy atom. The minimum atomic E-state index is -3.70. The molecule has 2 aromatic carbocycles. The number of nitrogens with zero attached hydrogens (tertiary/aromatic N) is 2. The number of carbonyl (C=O) groups excluding carboxylic acids is 2. The number of nitrogens with one attached hydrogen (secondary N) is 1. The van der Waals surface area contributed by atoms with Crippen LogP contribution in [0, 0.1) is 0 Å². The molecule has 0 radical (unpaired) electrons. The third-order valence-electron chi connectivity index (χ3n) is 4.98. The van der Waals surface area contributed by atoms with Gasteiger partial charge in [-0.25, -0.2) is 8.42 Å². The number of sulfonamides is 1. The number of hydrogen-bond acceptors (Lipinski definition) is 6. The van der Waals surface area contributed by atoms with Gasteiger partial charge in [0.25, 0.3) is 11.8 Å². The standard InChI is InChI=1S/C22H27N3O6S/c1-24(2)21(26)16-31-19-9-5-4-8-18(19)22(27)23-15-17-7-3-6-10-20(17)32(28,29)25-11-13-30-14-12-25/h3-10H,11-16H2,1-2H3,(H,23,27). The number of rotatable bonds is 8. The number of morpholine rings is 1. The number of likely N-dealkylation sites (N-methyl/N-ethyl adjacent to an activating group) is 1. The molecular formula is C22H27N3O6S. The van der Waals surface area contributed by atoms with Crippen LogP contribution in [-0.4, -0.2) is 76.4 Å². The maximum atomic E-state index is 13.1. The van der Waals surface area contributed by atoms with Crippen molar-refractivity contribution in [1.29, 1.82) is 0 Å². The van der Waals surface area contributed by atoms with E-state index in [9.17, 15) is 18.0 Å². The summed E-state index contributed by atoms with van der Waals surface area (Å²) in [6, 6.07) is 13.2. The minimum Gasteiger partial charge on any atom is -0.483 e. The second-order valence-corrected chi connectivity index (χ2v) is 9.29. The number of amides is 2. The van der Waals surface area contributed by atoms with Crippen molar-refractivity contribution >= 4 is 21.8 Å². The molecule has 0 aliphatic carbocycles. The van der Waals surface area contributed by atoms with E-state index in [0.29, 0.717) is 31.9 Å². The fourth-order valence-corrected chi connectivity index (χ4v) is 4.78. The molecule has 10 heteroatoms. The molecule has 0 atom stereocenters. The first-order chi connectivity index (χ1) is 15.3. The van der Waals surface area contributed by atoms with Crippen LogP contribution in [0.25, 0.3) is 0 Å². The summed E-state index contributed by atoms with van der Waals surface area (Å²) in [6.45, 7) is 1.11. The predicted molar refractivity (Wildman–Crippen MR) is 118 cm³/mol. The Labute approximate surface area is 188 Å². The van der Waals surface area contributed by atoms with Gasteiger partial charge in [-0.2, -0.15) is 4.31 Å². The van der Waals surface area contributed by atoms with E-state index in [1.165, 1.54) is 15.3 Å². The molecule has 0 aromatic heterocycles. The van der Waals surface area contributed by atoms with E-state index in [1.807, 2.05) is 0 Å². The van der Waals surface area contributed by atoms with Crippen molar-refractivity contribution in [3.05, 3.63) is 59.7 Å². The zero-order valence-corrected chi connectivity index (χ0v) is 18.9. The molecule has 172 valence electrons. The van der Waals surface area contributed by atoms with Crippen LogP contribution in [0.4, 0.5) is 0 Å². The van der Waals surface area contributed by atoms with Gasteiger partial charge in [-0.15, -0.1) is 0 Å².